The second-order valence-electron chi connectivity index (χ2n) is 4.82. The molecule has 108 valence electrons. The van der Waals surface area contributed by atoms with Gasteiger partial charge in [0.25, 0.3) is 0 Å². The van der Waals surface area contributed by atoms with Crippen LogP contribution in [-0.4, -0.2) is 22.9 Å². The van der Waals surface area contributed by atoms with Gasteiger partial charge in [0, 0.05) is 11.8 Å². The molecule has 4 nitrogen and oxygen atoms in total. The Labute approximate surface area is 120 Å². The van der Waals surface area contributed by atoms with Crippen LogP contribution in [0, 0.1) is 6.92 Å². The van der Waals surface area contributed by atoms with E-state index in [1.165, 1.54) is 11.1 Å². The van der Waals surface area contributed by atoms with Crippen LogP contribution in [0.1, 0.15) is 31.0 Å². The first-order valence-corrected chi connectivity index (χ1v) is 7.18. The summed E-state index contributed by atoms with van der Waals surface area (Å²) >= 11 is 0. The van der Waals surface area contributed by atoms with Crippen LogP contribution >= 0.6 is 0 Å². The molecule has 1 N–H and O–H groups in total. The van der Waals surface area contributed by atoms with Gasteiger partial charge in [-0.1, -0.05) is 25.1 Å². The number of aromatic nitrogens is 2. The normalized spacial score (nSPS) is 12.3. The number of ether oxygens (including phenoxy) is 1. The summed E-state index contributed by atoms with van der Waals surface area (Å²) in [5.41, 5.74) is 2.36. The lowest BCUT2D eigenvalue weighted by atomic mass is 10.1. The summed E-state index contributed by atoms with van der Waals surface area (Å²) in [5.74, 6) is 0.949. The van der Waals surface area contributed by atoms with Gasteiger partial charge < -0.3 is 10.1 Å². The summed E-state index contributed by atoms with van der Waals surface area (Å²) in [6.07, 6.45) is 3.95. The van der Waals surface area contributed by atoms with Crippen LogP contribution in [0.5, 0.6) is 5.75 Å². The SMILES string of the molecule is CCNC(Cn1cc(C)cn1)c1ccccc1OCC. The Morgan fingerprint density at radius 2 is 2.10 bits per heavy atom. The van der Waals surface area contributed by atoms with E-state index in [0.29, 0.717) is 6.61 Å². The number of nitrogens with one attached hydrogen (secondary N) is 1. The highest BCUT2D eigenvalue weighted by Crippen LogP contribution is 2.26. The summed E-state index contributed by atoms with van der Waals surface area (Å²) in [6.45, 7) is 8.56. The standard InChI is InChI=1S/C16H23N3O/c1-4-17-15(12-19-11-13(3)10-18-19)14-8-6-7-9-16(14)20-5-2/h6-11,15,17H,4-5,12H2,1-3H3. The van der Waals surface area contributed by atoms with Crippen molar-refractivity contribution >= 4 is 0 Å². The molecule has 1 unspecified atom stereocenters. The highest BCUT2D eigenvalue weighted by Gasteiger charge is 2.16. The Balaban J connectivity index is 2.23. The van der Waals surface area contributed by atoms with Crippen LogP contribution in [0.4, 0.5) is 0 Å². The molecule has 0 aliphatic rings. The first-order valence-electron chi connectivity index (χ1n) is 7.18. The van der Waals surface area contributed by atoms with Crippen molar-refractivity contribution in [3.63, 3.8) is 0 Å². The molecule has 0 aliphatic heterocycles. The Kier molecular flexibility index (Phi) is 5.18. The van der Waals surface area contributed by atoms with Gasteiger partial charge in [-0.3, -0.25) is 4.68 Å². The van der Waals surface area contributed by atoms with Gasteiger partial charge in [-0.25, -0.2) is 0 Å². The van der Waals surface area contributed by atoms with E-state index in [4.69, 9.17) is 4.74 Å². The molecule has 0 bridgehead atoms. The lowest BCUT2D eigenvalue weighted by Gasteiger charge is -2.21. The molecule has 2 rings (SSSR count). The van der Waals surface area contributed by atoms with E-state index in [9.17, 15) is 0 Å². The quantitative estimate of drug-likeness (QED) is 0.843. The number of hydrogen-bond donors (Lipinski definition) is 1. The van der Waals surface area contributed by atoms with Crippen molar-refractivity contribution in [2.24, 2.45) is 0 Å². The molecule has 20 heavy (non-hydrogen) atoms. The summed E-state index contributed by atoms with van der Waals surface area (Å²) in [6, 6.07) is 8.40. The van der Waals surface area contributed by atoms with Gasteiger partial charge in [-0.2, -0.15) is 5.10 Å². The molecule has 1 heterocycles. The highest BCUT2D eigenvalue weighted by molar-refractivity contribution is 5.36. The Hall–Kier alpha value is -1.81. The average Bonchev–Trinajstić information content (AvgIpc) is 2.85. The molecule has 0 saturated heterocycles. The largest absolute Gasteiger partial charge is 0.494 e. The summed E-state index contributed by atoms with van der Waals surface area (Å²) in [5, 5.41) is 7.89. The third-order valence-electron chi connectivity index (χ3n) is 3.18. The molecule has 0 saturated carbocycles. The number of likely N-dealkylation sites (N-methyl/N-ethyl adjacent to an activating group) is 1. The van der Waals surface area contributed by atoms with Gasteiger partial charge >= 0.3 is 0 Å². The van der Waals surface area contributed by atoms with Crippen molar-refractivity contribution < 1.29 is 4.74 Å². The van der Waals surface area contributed by atoms with E-state index < -0.39 is 0 Å². The predicted octanol–water partition coefficient (Wildman–Crippen LogP) is 2.94. The predicted molar refractivity (Wildman–Crippen MR) is 81.0 cm³/mol. The molecule has 1 aromatic carbocycles. The minimum absolute atomic E-state index is 0.196. The van der Waals surface area contributed by atoms with E-state index in [1.54, 1.807) is 0 Å². The van der Waals surface area contributed by atoms with Crippen LogP contribution in [0.2, 0.25) is 0 Å². The third-order valence-corrected chi connectivity index (χ3v) is 3.18. The van der Waals surface area contributed by atoms with Crippen LogP contribution in [-0.2, 0) is 6.54 Å². The Morgan fingerprint density at radius 3 is 2.75 bits per heavy atom. The van der Waals surface area contributed by atoms with Crippen molar-refractivity contribution in [1.82, 2.24) is 15.1 Å². The van der Waals surface area contributed by atoms with E-state index in [-0.39, 0.29) is 6.04 Å². The molecular weight excluding hydrogens is 250 g/mol. The topological polar surface area (TPSA) is 39.1 Å². The number of benzene rings is 1. The van der Waals surface area contributed by atoms with Gasteiger partial charge in [-0.15, -0.1) is 0 Å². The molecule has 0 fully saturated rings. The Morgan fingerprint density at radius 1 is 1.30 bits per heavy atom. The number of para-hydroxylation sites is 1. The van der Waals surface area contributed by atoms with Crippen LogP contribution in [0.25, 0.3) is 0 Å². The fourth-order valence-corrected chi connectivity index (χ4v) is 2.33. The molecule has 4 heteroatoms. The van der Waals surface area contributed by atoms with E-state index >= 15 is 0 Å². The fourth-order valence-electron chi connectivity index (χ4n) is 2.33. The van der Waals surface area contributed by atoms with Gasteiger partial charge in [0.05, 0.1) is 25.4 Å². The number of rotatable bonds is 7. The average molecular weight is 273 g/mol. The second-order valence-corrected chi connectivity index (χ2v) is 4.82. The lowest BCUT2D eigenvalue weighted by Crippen LogP contribution is -2.26. The van der Waals surface area contributed by atoms with Crippen molar-refractivity contribution in [3.8, 4) is 5.75 Å². The number of hydrogen-bond acceptors (Lipinski definition) is 3. The lowest BCUT2D eigenvalue weighted by molar-refractivity contribution is 0.327. The Bertz CT molecular complexity index is 536. The van der Waals surface area contributed by atoms with Crippen LogP contribution in [0.15, 0.2) is 36.7 Å². The summed E-state index contributed by atoms with van der Waals surface area (Å²) in [7, 11) is 0. The zero-order valence-corrected chi connectivity index (χ0v) is 12.5. The smallest absolute Gasteiger partial charge is 0.124 e. The van der Waals surface area contributed by atoms with Crippen molar-refractivity contribution in [1.29, 1.82) is 0 Å². The zero-order chi connectivity index (χ0) is 14.4. The third kappa shape index (κ3) is 3.61. The highest BCUT2D eigenvalue weighted by atomic mass is 16.5. The van der Waals surface area contributed by atoms with Crippen molar-refractivity contribution in [2.45, 2.75) is 33.4 Å². The fraction of sp³-hybridized carbons (Fsp3) is 0.438. The number of nitrogens with zero attached hydrogens (tertiary/aromatic N) is 2. The van der Waals surface area contributed by atoms with E-state index in [0.717, 1.165) is 18.8 Å². The monoisotopic (exact) mass is 273 g/mol. The van der Waals surface area contributed by atoms with Gasteiger partial charge in [0.15, 0.2) is 0 Å². The maximum Gasteiger partial charge on any atom is 0.124 e. The van der Waals surface area contributed by atoms with Gasteiger partial charge in [-0.05, 0) is 32.0 Å². The zero-order valence-electron chi connectivity index (χ0n) is 12.5. The van der Waals surface area contributed by atoms with E-state index in [1.807, 2.05) is 29.9 Å². The maximum absolute atomic E-state index is 5.74. The number of aryl methyl sites for hydroxylation is 1. The molecule has 0 radical (unpaired) electrons. The molecule has 0 amide bonds. The molecule has 1 atom stereocenters. The summed E-state index contributed by atoms with van der Waals surface area (Å²) < 4.78 is 7.72. The molecule has 0 spiro atoms. The molecule has 0 aliphatic carbocycles. The first-order chi connectivity index (χ1) is 9.74. The molecule has 2 aromatic rings. The first kappa shape index (κ1) is 14.6. The minimum Gasteiger partial charge on any atom is -0.494 e. The van der Waals surface area contributed by atoms with Gasteiger partial charge in [0.2, 0.25) is 0 Å². The van der Waals surface area contributed by atoms with Crippen LogP contribution < -0.4 is 10.1 Å². The molecular formula is C16H23N3O. The van der Waals surface area contributed by atoms with Crippen LogP contribution in [0.3, 0.4) is 0 Å². The minimum atomic E-state index is 0.196. The summed E-state index contributed by atoms with van der Waals surface area (Å²) in [4.78, 5) is 0. The van der Waals surface area contributed by atoms with Crippen molar-refractivity contribution in [2.75, 3.05) is 13.2 Å². The molecule has 1 aromatic heterocycles. The van der Waals surface area contributed by atoms with E-state index in [2.05, 4.69) is 42.6 Å². The van der Waals surface area contributed by atoms with Gasteiger partial charge in [0.1, 0.15) is 5.75 Å². The maximum atomic E-state index is 5.74. The van der Waals surface area contributed by atoms with Crippen molar-refractivity contribution in [3.05, 3.63) is 47.8 Å². The second kappa shape index (κ2) is 7.10.